The summed E-state index contributed by atoms with van der Waals surface area (Å²) in [6.07, 6.45) is 2.23. The van der Waals surface area contributed by atoms with Crippen LogP contribution in [0.4, 0.5) is 4.39 Å². The molecule has 0 aliphatic rings. The van der Waals surface area contributed by atoms with Crippen molar-refractivity contribution in [1.29, 1.82) is 5.41 Å². The summed E-state index contributed by atoms with van der Waals surface area (Å²) >= 11 is 1.38. The van der Waals surface area contributed by atoms with E-state index in [0.29, 0.717) is 5.71 Å². The normalized spacial score (nSPS) is 10.5. The number of benzene rings is 3. The Kier molecular flexibility index (Phi) is 12.6. The Labute approximate surface area is 198 Å². The fourth-order valence-electron chi connectivity index (χ4n) is 2.48. The summed E-state index contributed by atoms with van der Waals surface area (Å²) in [5, 5.41) is 13.2. The number of nitrogens with one attached hydrogen (secondary N) is 1. The molecular weight excluding hydrogens is 415 g/mol. The molecule has 32 heavy (non-hydrogen) atoms. The molecule has 0 fully saturated rings. The van der Waals surface area contributed by atoms with Crippen LogP contribution >= 0.6 is 11.9 Å². The molecule has 0 aliphatic heterocycles. The van der Waals surface area contributed by atoms with Gasteiger partial charge in [-0.3, -0.25) is 10.5 Å². The van der Waals surface area contributed by atoms with Crippen molar-refractivity contribution in [2.45, 2.75) is 52.2 Å². The third-order valence-electron chi connectivity index (χ3n) is 4.40. The lowest BCUT2D eigenvalue weighted by molar-refractivity contribution is 0.585. The van der Waals surface area contributed by atoms with Gasteiger partial charge in [0.1, 0.15) is 5.82 Å². The number of hydrogen-bond acceptors (Lipinski definition) is 3. The molecule has 0 saturated carbocycles. The molecule has 0 saturated heterocycles. The number of aryl methyl sites for hydroxylation is 1. The molecule has 0 heterocycles. The Morgan fingerprint density at radius 3 is 1.59 bits per heavy atom. The van der Waals surface area contributed by atoms with Gasteiger partial charge >= 0.3 is 0 Å². The van der Waals surface area contributed by atoms with E-state index in [1.807, 2.05) is 72.8 Å². The highest BCUT2D eigenvalue weighted by atomic mass is 32.2. The molecule has 3 N–H and O–H groups in total. The van der Waals surface area contributed by atoms with Gasteiger partial charge in [0.15, 0.2) is 0 Å². The van der Waals surface area contributed by atoms with Crippen molar-refractivity contribution in [2.24, 2.45) is 11.1 Å². The predicted octanol–water partition coefficient (Wildman–Crippen LogP) is 7.91. The van der Waals surface area contributed by atoms with Crippen LogP contribution in [0, 0.1) is 17.1 Å². The Balaban J connectivity index is 0.000000260. The second-order valence-corrected chi connectivity index (χ2v) is 10.4. The molecule has 2 nitrogen and oxygen atoms in total. The quantitative estimate of drug-likeness (QED) is 0.305. The van der Waals surface area contributed by atoms with Crippen LogP contribution in [0.15, 0.2) is 84.9 Å². The maximum Gasteiger partial charge on any atom is 0.123 e. The maximum absolute atomic E-state index is 12.5. The molecule has 0 bridgehead atoms. The lowest BCUT2D eigenvalue weighted by Crippen LogP contribution is -2.09. The predicted molar refractivity (Wildman–Crippen MR) is 140 cm³/mol. The molecule has 3 aromatic rings. The summed E-state index contributed by atoms with van der Waals surface area (Å²) in [5.74, 6) is 0.568. The van der Waals surface area contributed by atoms with E-state index in [-0.39, 0.29) is 10.6 Å². The smallest absolute Gasteiger partial charge is 0.123 e. The minimum Gasteiger partial charge on any atom is -0.300 e. The Hall–Kier alpha value is -2.43. The highest BCUT2D eigenvalue weighted by molar-refractivity contribution is 7.98. The molecule has 0 aromatic heterocycles. The summed E-state index contributed by atoms with van der Waals surface area (Å²) in [6.45, 7) is 10.6. The standard InChI is InChI=1S/C13H11N.C11H15F.C4H11NS/c14-13(11-7-3-1-4-8-11)12-9-5-2-6-10-12;1-9(2)3-4-10-5-7-11(12)8-6-10;1-4(2,3)6-5/h1-10,14H;5-9H,3-4H2,1-2H3;5H2,1-3H3. The van der Waals surface area contributed by atoms with Crippen molar-refractivity contribution in [2.75, 3.05) is 0 Å². The summed E-state index contributed by atoms with van der Waals surface area (Å²) in [5.41, 5.74) is 3.72. The first-order valence-electron chi connectivity index (χ1n) is 10.9. The van der Waals surface area contributed by atoms with Gasteiger partial charge in [-0.05, 0) is 68.4 Å². The van der Waals surface area contributed by atoms with Crippen LogP contribution in [0.5, 0.6) is 0 Å². The molecular formula is C28H37FN2S. The zero-order valence-electron chi connectivity index (χ0n) is 19.9. The van der Waals surface area contributed by atoms with E-state index in [0.717, 1.165) is 23.5 Å². The first-order chi connectivity index (χ1) is 15.1. The monoisotopic (exact) mass is 452 g/mol. The first kappa shape index (κ1) is 27.6. The molecule has 172 valence electrons. The summed E-state index contributed by atoms with van der Waals surface area (Å²) < 4.78 is 12.7. The number of hydrogen-bond donors (Lipinski definition) is 2. The van der Waals surface area contributed by atoms with Crippen molar-refractivity contribution in [3.05, 3.63) is 107 Å². The first-order valence-corrected chi connectivity index (χ1v) is 11.8. The van der Waals surface area contributed by atoms with E-state index in [4.69, 9.17) is 10.5 Å². The fourth-order valence-corrected chi connectivity index (χ4v) is 2.48. The van der Waals surface area contributed by atoms with E-state index in [2.05, 4.69) is 34.6 Å². The van der Waals surface area contributed by atoms with E-state index in [9.17, 15) is 4.39 Å². The van der Waals surface area contributed by atoms with Crippen LogP contribution in [-0.2, 0) is 6.42 Å². The molecule has 0 unspecified atom stereocenters. The fraction of sp³-hybridized carbons (Fsp3) is 0.321. The summed E-state index contributed by atoms with van der Waals surface area (Å²) in [4.78, 5) is 0. The van der Waals surface area contributed by atoms with E-state index in [1.165, 1.54) is 36.1 Å². The molecule has 0 atom stereocenters. The lowest BCUT2D eigenvalue weighted by atomic mass is 10.0. The van der Waals surface area contributed by atoms with Crippen LogP contribution in [-0.4, -0.2) is 10.5 Å². The summed E-state index contributed by atoms with van der Waals surface area (Å²) in [6, 6.07) is 26.3. The third-order valence-corrected chi connectivity index (χ3v) is 5.11. The van der Waals surface area contributed by atoms with Gasteiger partial charge in [0, 0.05) is 4.75 Å². The molecule has 4 heteroatoms. The van der Waals surface area contributed by atoms with E-state index >= 15 is 0 Å². The SMILES string of the molecule is CC(C)(C)SN.CC(C)CCc1ccc(F)cc1.N=C(c1ccccc1)c1ccccc1. The molecule has 0 radical (unpaired) electrons. The molecule has 3 aromatic carbocycles. The van der Waals surface area contributed by atoms with Crippen LogP contribution < -0.4 is 5.14 Å². The van der Waals surface area contributed by atoms with Gasteiger partial charge in [0.2, 0.25) is 0 Å². The Morgan fingerprint density at radius 2 is 1.25 bits per heavy atom. The molecule has 0 spiro atoms. The summed E-state index contributed by atoms with van der Waals surface area (Å²) in [7, 11) is 0. The minimum atomic E-state index is -0.150. The number of rotatable bonds is 5. The van der Waals surface area contributed by atoms with Gasteiger partial charge < -0.3 is 0 Å². The number of nitrogens with two attached hydrogens (primary N) is 1. The molecule has 0 amide bonds. The Bertz CT molecular complexity index is 845. The van der Waals surface area contributed by atoms with Gasteiger partial charge in [0.05, 0.1) is 5.71 Å². The van der Waals surface area contributed by atoms with E-state index < -0.39 is 0 Å². The van der Waals surface area contributed by atoms with Crippen molar-refractivity contribution >= 4 is 17.7 Å². The highest BCUT2D eigenvalue weighted by Crippen LogP contribution is 2.15. The van der Waals surface area contributed by atoms with Crippen LogP contribution in [0.1, 0.15) is 57.7 Å². The van der Waals surface area contributed by atoms with E-state index in [1.54, 1.807) is 0 Å². The topological polar surface area (TPSA) is 49.9 Å². The maximum atomic E-state index is 12.5. The van der Waals surface area contributed by atoms with Gasteiger partial charge in [-0.1, -0.05) is 98.6 Å². The van der Waals surface area contributed by atoms with Crippen LogP contribution in [0.25, 0.3) is 0 Å². The van der Waals surface area contributed by atoms with Crippen molar-refractivity contribution < 1.29 is 4.39 Å². The molecule has 0 aliphatic carbocycles. The Morgan fingerprint density at radius 1 is 0.844 bits per heavy atom. The second kappa shape index (κ2) is 14.6. The average Bonchev–Trinajstić information content (AvgIpc) is 2.80. The van der Waals surface area contributed by atoms with Gasteiger partial charge in [0.25, 0.3) is 0 Å². The third kappa shape index (κ3) is 12.4. The van der Waals surface area contributed by atoms with Crippen molar-refractivity contribution in [1.82, 2.24) is 0 Å². The minimum absolute atomic E-state index is 0.150. The zero-order valence-corrected chi connectivity index (χ0v) is 20.8. The van der Waals surface area contributed by atoms with Gasteiger partial charge in [-0.2, -0.15) is 0 Å². The van der Waals surface area contributed by atoms with Crippen LogP contribution in [0.2, 0.25) is 0 Å². The van der Waals surface area contributed by atoms with Crippen molar-refractivity contribution in [3.63, 3.8) is 0 Å². The lowest BCUT2D eigenvalue weighted by Gasteiger charge is -2.11. The van der Waals surface area contributed by atoms with Gasteiger partial charge in [-0.25, -0.2) is 4.39 Å². The van der Waals surface area contributed by atoms with Crippen LogP contribution in [0.3, 0.4) is 0 Å². The van der Waals surface area contributed by atoms with Crippen molar-refractivity contribution in [3.8, 4) is 0 Å². The zero-order chi connectivity index (χ0) is 24.0. The second-order valence-electron chi connectivity index (χ2n) is 8.90. The molecule has 3 rings (SSSR count). The largest absolute Gasteiger partial charge is 0.300 e. The number of halogens is 1. The van der Waals surface area contributed by atoms with Gasteiger partial charge in [-0.15, -0.1) is 0 Å². The highest BCUT2D eigenvalue weighted by Gasteiger charge is 2.05. The average molecular weight is 453 g/mol.